The fourth-order valence-corrected chi connectivity index (χ4v) is 1.98. The van der Waals surface area contributed by atoms with E-state index in [2.05, 4.69) is 0 Å². The molecule has 1 heterocycles. The summed E-state index contributed by atoms with van der Waals surface area (Å²) >= 11 is 0. The summed E-state index contributed by atoms with van der Waals surface area (Å²) in [5, 5.41) is 2.11. The van der Waals surface area contributed by atoms with Gasteiger partial charge in [-0.2, -0.15) is 0 Å². The smallest absolute Gasteiger partial charge is 0.305 e. The zero-order chi connectivity index (χ0) is 11.1. The van der Waals surface area contributed by atoms with Crippen molar-refractivity contribution < 1.29 is 14.3 Å². The van der Waals surface area contributed by atoms with Crippen LogP contribution < -0.4 is 15.2 Å². The molecule has 3 nitrogen and oxygen atoms in total. The van der Waals surface area contributed by atoms with Crippen LogP contribution in [0.3, 0.4) is 0 Å². The Bertz CT molecular complexity index is 611. The van der Waals surface area contributed by atoms with Gasteiger partial charge in [0.15, 0.2) is 0 Å². The molecule has 0 bridgehead atoms. The highest BCUT2D eigenvalue weighted by molar-refractivity contribution is 5.73. The Balaban J connectivity index is 2.04. The third-order valence-electron chi connectivity index (χ3n) is 2.63. The average molecular weight is 214 g/mol. The minimum Gasteiger partial charge on any atom is -0.450 e. The number of allylic oxidation sites excluding steroid dienone is 1. The summed E-state index contributed by atoms with van der Waals surface area (Å²) in [6.07, 6.45) is 7.22. The molecule has 0 saturated carbocycles. The summed E-state index contributed by atoms with van der Waals surface area (Å²) in [7, 11) is 0. The molecule has 1 aliphatic heterocycles. The van der Waals surface area contributed by atoms with Crippen molar-refractivity contribution in [2.45, 2.75) is 13.2 Å². The first kappa shape index (κ1) is 9.21. The number of hydrogen-bond acceptors (Lipinski definition) is 3. The topological polar surface area (TPSA) is 35.5 Å². The Labute approximate surface area is 92.3 Å². The Morgan fingerprint density at radius 2 is 2.19 bits per heavy atom. The van der Waals surface area contributed by atoms with E-state index in [4.69, 9.17) is 9.47 Å². The van der Waals surface area contributed by atoms with Crippen LogP contribution in [-0.2, 0) is 9.53 Å². The van der Waals surface area contributed by atoms with E-state index in [0.29, 0.717) is 0 Å². The van der Waals surface area contributed by atoms with Crippen LogP contribution in [0.4, 0.5) is 0 Å². The fourth-order valence-electron chi connectivity index (χ4n) is 1.98. The van der Waals surface area contributed by atoms with Gasteiger partial charge in [-0.1, -0.05) is 30.4 Å². The van der Waals surface area contributed by atoms with Gasteiger partial charge in [0, 0.05) is 23.8 Å². The van der Waals surface area contributed by atoms with Crippen molar-refractivity contribution in [1.82, 2.24) is 0 Å². The summed E-state index contributed by atoms with van der Waals surface area (Å²) in [5.74, 6) is 0.460. The van der Waals surface area contributed by atoms with Gasteiger partial charge in [0.1, 0.15) is 5.75 Å². The van der Waals surface area contributed by atoms with Gasteiger partial charge in [-0.15, -0.1) is 0 Å². The minimum atomic E-state index is -0.590. The Morgan fingerprint density at radius 1 is 1.38 bits per heavy atom. The van der Waals surface area contributed by atoms with Crippen molar-refractivity contribution in [3.63, 3.8) is 0 Å². The molecule has 1 unspecified atom stereocenters. The highest BCUT2D eigenvalue weighted by atomic mass is 16.7. The maximum Gasteiger partial charge on any atom is 0.305 e. The van der Waals surface area contributed by atoms with E-state index < -0.39 is 6.29 Å². The van der Waals surface area contributed by atoms with Gasteiger partial charge in [0.05, 0.1) is 0 Å². The van der Waals surface area contributed by atoms with E-state index in [1.807, 2.05) is 36.4 Å². The van der Waals surface area contributed by atoms with Gasteiger partial charge in [-0.05, 0) is 5.22 Å². The molecule has 1 atom stereocenters. The molecule has 16 heavy (non-hydrogen) atoms. The molecular weight excluding hydrogens is 204 g/mol. The van der Waals surface area contributed by atoms with Gasteiger partial charge in [0.2, 0.25) is 0 Å². The minimum absolute atomic E-state index is 0.340. The van der Waals surface area contributed by atoms with Crippen molar-refractivity contribution >= 4 is 24.2 Å². The highest BCUT2D eigenvalue weighted by Crippen LogP contribution is 2.20. The third-order valence-corrected chi connectivity index (χ3v) is 2.63. The molecule has 2 aliphatic rings. The van der Waals surface area contributed by atoms with Crippen molar-refractivity contribution in [2.24, 2.45) is 0 Å². The molecule has 0 amide bonds. The third kappa shape index (κ3) is 1.33. The zero-order valence-corrected chi connectivity index (χ0v) is 8.77. The molecular formula is C13H10O3. The fraction of sp³-hybridized carbons (Fsp3) is 0.154. The maximum absolute atomic E-state index is 10.8. The van der Waals surface area contributed by atoms with E-state index >= 15 is 0 Å². The van der Waals surface area contributed by atoms with Crippen LogP contribution in [0, 0.1) is 0 Å². The number of benzene rings is 1. The Kier molecular flexibility index (Phi) is 1.86. The van der Waals surface area contributed by atoms with Crippen molar-refractivity contribution in [2.75, 3.05) is 0 Å². The first-order chi connectivity index (χ1) is 7.74. The van der Waals surface area contributed by atoms with Crippen molar-refractivity contribution in [3.05, 3.63) is 34.2 Å². The summed E-state index contributed by atoms with van der Waals surface area (Å²) in [6, 6.07) is 4.01. The van der Waals surface area contributed by atoms with Crippen molar-refractivity contribution in [3.8, 4) is 5.75 Å². The number of rotatable bonds is 1. The second kappa shape index (κ2) is 3.23. The first-order valence-corrected chi connectivity index (χ1v) is 5.11. The number of hydrogen-bond donors (Lipinski definition) is 0. The predicted octanol–water partition coefficient (Wildman–Crippen LogP) is 0.556. The summed E-state index contributed by atoms with van der Waals surface area (Å²) in [5.41, 5.74) is 1.06. The molecule has 1 aliphatic carbocycles. The molecule has 1 aromatic rings. The predicted molar refractivity (Wildman–Crippen MR) is 59.8 cm³/mol. The molecule has 0 saturated heterocycles. The summed E-state index contributed by atoms with van der Waals surface area (Å²) < 4.78 is 10.6. The van der Waals surface area contributed by atoms with Crippen LogP contribution in [0.5, 0.6) is 5.75 Å². The van der Waals surface area contributed by atoms with Gasteiger partial charge in [-0.25, -0.2) is 0 Å². The molecule has 3 rings (SSSR count). The van der Waals surface area contributed by atoms with Gasteiger partial charge in [0.25, 0.3) is 6.29 Å². The quantitative estimate of drug-likeness (QED) is 0.641. The number of esters is 1. The largest absolute Gasteiger partial charge is 0.450 e. The molecule has 0 spiro atoms. The van der Waals surface area contributed by atoms with Gasteiger partial charge < -0.3 is 9.47 Å². The van der Waals surface area contributed by atoms with E-state index in [9.17, 15) is 4.79 Å². The van der Waals surface area contributed by atoms with E-state index in [0.717, 1.165) is 21.8 Å². The average Bonchev–Trinajstić information content (AvgIpc) is 2.78. The molecule has 0 radical (unpaired) electrons. The SMILES string of the molecule is CC(=O)OC1C=c2ccc3c(c2O1)C=CC=3. The molecule has 1 aromatic carbocycles. The molecule has 0 fully saturated rings. The summed E-state index contributed by atoms with van der Waals surface area (Å²) in [6.45, 7) is 1.37. The number of carbonyl (C=O) groups is 1. The molecule has 0 aromatic heterocycles. The number of ether oxygens (including phenoxy) is 2. The molecule has 80 valence electrons. The standard InChI is InChI=1S/C13H10O3/c1-8(14)15-12-7-10-6-5-9-3-2-4-11(9)13(10)16-12/h2-7,12H,1H3. The Hall–Kier alpha value is -2.03. The van der Waals surface area contributed by atoms with E-state index in [1.165, 1.54) is 6.92 Å². The molecule has 3 heteroatoms. The van der Waals surface area contributed by atoms with Crippen LogP contribution in [-0.4, -0.2) is 12.3 Å². The monoisotopic (exact) mass is 214 g/mol. The van der Waals surface area contributed by atoms with Crippen LogP contribution in [0.15, 0.2) is 18.2 Å². The van der Waals surface area contributed by atoms with Crippen LogP contribution in [0.25, 0.3) is 18.2 Å². The highest BCUT2D eigenvalue weighted by Gasteiger charge is 2.21. The first-order valence-electron chi connectivity index (χ1n) is 5.11. The zero-order valence-electron chi connectivity index (χ0n) is 8.77. The van der Waals surface area contributed by atoms with E-state index in [1.54, 1.807) is 0 Å². The normalized spacial score (nSPS) is 19.2. The second-order valence-corrected chi connectivity index (χ2v) is 3.77. The lowest BCUT2D eigenvalue weighted by Crippen LogP contribution is -2.18. The second-order valence-electron chi connectivity index (χ2n) is 3.77. The number of carbonyl (C=O) groups excluding carboxylic acids is 1. The van der Waals surface area contributed by atoms with Gasteiger partial charge in [-0.3, -0.25) is 4.79 Å². The van der Waals surface area contributed by atoms with E-state index in [-0.39, 0.29) is 5.97 Å². The van der Waals surface area contributed by atoms with Gasteiger partial charge >= 0.3 is 5.97 Å². The lowest BCUT2D eigenvalue weighted by atomic mass is 10.1. The molecule has 0 N–H and O–H groups in total. The van der Waals surface area contributed by atoms with Crippen LogP contribution in [0.2, 0.25) is 0 Å². The van der Waals surface area contributed by atoms with Crippen LogP contribution in [0.1, 0.15) is 12.5 Å². The number of fused-ring (bicyclic) bond motifs is 3. The van der Waals surface area contributed by atoms with Crippen LogP contribution >= 0.6 is 0 Å². The summed E-state index contributed by atoms with van der Waals surface area (Å²) in [4.78, 5) is 10.8. The van der Waals surface area contributed by atoms with Crippen molar-refractivity contribution in [1.29, 1.82) is 0 Å². The lowest BCUT2D eigenvalue weighted by Gasteiger charge is -2.10. The lowest BCUT2D eigenvalue weighted by molar-refractivity contribution is -0.152. The Morgan fingerprint density at radius 3 is 3.00 bits per heavy atom. The maximum atomic E-state index is 10.8.